The molecule has 0 aromatic carbocycles. The van der Waals surface area contributed by atoms with E-state index in [0.717, 1.165) is 30.2 Å². The quantitative estimate of drug-likeness (QED) is 0.436. The van der Waals surface area contributed by atoms with Crippen molar-refractivity contribution in [1.82, 2.24) is 29.5 Å². The zero-order valence-electron chi connectivity index (χ0n) is 17.3. The summed E-state index contributed by atoms with van der Waals surface area (Å²) in [5.74, 6) is 0.390. The number of hydrogen-bond acceptors (Lipinski definition) is 8. The predicted octanol–water partition coefficient (Wildman–Crippen LogP) is 1.96. The van der Waals surface area contributed by atoms with E-state index in [1.165, 1.54) is 6.20 Å². The van der Waals surface area contributed by atoms with E-state index < -0.39 is 11.9 Å². The van der Waals surface area contributed by atoms with Crippen LogP contribution in [0.2, 0.25) is 0 Å². The molecule has 1 aliphatic rings. The highest BCUT2D eigenvalue weighted by Gasteiger charge is 2.26. The molecule has 10 heteroatoms. The summed E-state index contributed by atoms with van der Waals surface area (Å²) < 4.78 is 16.1. The van der Waals surface area contributed by atoms with Crippen molar-refractivity contribution in [3.05, 3.63) is 66.5 Å². The smallest absolute Gasteiger partial charge is 0.200 e. The first-order chi connectivity index (χ1) is 15.6. The zero-order valence-corrected chi connectivity index (χ0v) is 17.3. The van der Waals surface area contributed by atoms with Crippen molar-refractivity contribution in [1.29, 1.82) is 0 Å². The molecule has 1 aliphatic heterocycles. The summed E-state index contributed by atoms with van der Waals surface area (Å²) in [7, 11) is 0. The SMILES string of the molecule is N[C@H]1CCN(Cc2ccn3nc(-c4ccccn4)nc(Nc4ccncc4F)c23)C[C@@H]1O. The number of nitrogens with zero attached hydrogens (tertiary/aromatic N) is 6. The number of β-amino-alcohol motifs (C(OH)–C–C–N with tert-alkyl or cyclic N) is 1. The molecule has 1 fully saturated rings. The van der Waals surface area contributed by atoms with Gasteiger partial charge in [0, 0.05) is 44.3 Å². The number of aliphatic hydroxyl groups excluding tert-OH is 1. The Balaban J connectivity index is 1.57. The van der Waals surface area contributed by atoms with Crippen LogP contribution >= 0.6 is 0 Å². The van der Waals surface area contributed by atoms with Crippen molar-refractivity contribution < 1.29 is 9.50 Å². The number of halogens is 1. The van der Waals surface area contributed by atoms with Gasteiger partial charge in [-0.2, -0.15) is 0 Å². The van der Waals surface area contributed by atoms with Gasteiger partial charge in [-0.05, 0) is 36.2 Å². The topological polar surface area (TPSA) is 117 Å². The predicted molar refractivity (Wildman–Crippen MR) is 118 cm³/mol. The van der Waals surface area contributed by atoms with E-state index in [2.05, 4.69) is 30.3 Å². The number of anilines is 2. The van der Waals surface area contributed by atoms with Gasteiger partial charge in [0.1, 0.15) is 11.2 Å². The number of rotatable bonds is 5. The van der Waals surface area contributed by atoms with Crippen LogP contribution < -0.4 is 11.1 Å². The lowest BCUT2D eigenvalue weighted by Gasteiger charge is -2.33. The number of pyridine rings is 2. The highest BCUT2D eigenvalue weighted by Crippen LogP contribution is 2.28. The molecule has 0 unspecified atom stereocenters. The number of fused-ring (bicyclic) bond motifs is 1. The Morgan fingerprint density at radius 3 is 2.91 bits per heavy atom. The number of likely N-dealkylation sites (tertiary alicyclic amines) is 1. The lowest BCUT2D eigenvalue weighted by molar-refractivity contribution is 0.0501. The molecule has 0 bridgehead atoms. The van der Waals surface area contributed by atoms with Gasteiger partial charge < -0.3 is 16.2 Å². The van der Waals surface area contributed by atoms with Crippen molar-refractivity contribution in [2.24, 2.45) is 5.73 Å². The first kappa shape index (κ1) is 20.4. The first-order valence-corrected chi connectivity index (χ1v) is 10.4. The van der Waals surface area contributed by atoms with E-state index in [1.54, 1.807) is 16.8 Å². The first-order valence-electron chi connectivity index (χ1n) is 10.4. The van der Waals surface area contributed by atoms with Crippen LogP contribution in [0.5, 0.6) is 0 Å². The van der Waals surface area contributed by atoms with Gasteiger partial charge in [0.15, 0.2) is 11.6 Å². The molecule has 32 heavy (non-hydrogen) atoms. The molecule has 164 valence electrons. The summed E-state index contributed by atoms with van der Waals surface area (Å²) in [6.45, 7) is 1.86. The van der Waals surface area contributed by atoms with E-state index in [-0.39, 0.29) is 11.7 Å². The van der Waals surface area contributed by atoms with Gasteiger partial charge in [0.2, 0.25) is 5.82 Å². The number of hydrogen-bond donors (Lipinski definition) is 3. The zero-order chi connectivity index (χ0) is 22.1. The van der Waals surface area contributed by atoms with Gasteiger partial charge in [-0.3, -0.25) is 14.9 Å². The molecular weight excluding hydrogens is 411 g/mol. The highest BCUT2D eigenvalue weighted by molar-refractivity contribution is 5.78. The molecule has 0 amide bonds. The Kier molecular flexibility index (Phi) is 5.48. The Labute approximate surface area is 183 Å². The Morgan fingerprint density at radius 2 is 2.12 bits per heavy atom. The molecule has 4 aromatic rings. The molecule has 0 aliphatic carbocycles. The van der Waals surface area contributed by atoms with Crippen LogP contribution in [0.25, 0.3) is 17.0 Å². The summed E-state index contributed by atoms with van der Waals surface area (Å²) in [6, 6.07) is 8.81. The van der Waals surface area contributed by atoms with E-state index in [1.807, 2.05) is 30.5 Å². The largest absolute Gasteiger partial charge is 0.390 e. The molecule has 0 saturated carbocycles. The van der Waals surface area contributed by atoms with Gasteiger partial charge in [0.05, 0.1) is 18.0 Å². The van der Waals surface area contributed by atoms with Crippen LogP contribution in [0.1, 0.15) is 12.0 Å². The van der Waals surface area contributed by atoms with Crippen LogP contribution in [0, 0.1) is 5.82 Å². The van der Waals surface area contributed by atoms with E-state index >= 15 is 0 Å². The minimum atomic E-state index is -0.562. The summed E-state index contributed by atoms with van der Waals surface area (Å²) in [6.07, 6.45) is 6.35. The summed E-state index contributed by atoms with van der Waals surface area (Å²) in [5, 5.41) is 17.9. The highest BCUT2D eigenvalue weighted by atomic mass is 19.1. The number of aromatic nitrogens is 5. The average Bonchev–Trinajstić information content (AvgIpc) is 3.21. The maximum atomic E-state index is 14.3. The van der Waals surface area contributed by atoms with Crippen molar-refractivity contribution in [3.8, 4) is 11.5 Å². The molecule has 5 heterocycles. The third-order valence-electron chi connectivity index (χ3n) is 5.63. The molecule has 4 aromatic heterocycles. The minimum absolute atomic E-state index is 0.201. The fraction of sp³-hybridized carbons (Fsp3) is 0.273. The lowest BCUT2D eigenvalue weighted by Crippen LogP contribution is -2.50. The normalized spacial score (nSPS) is 19.3. The average molecular weight is 434 g/mol. The second kappa shape index (κ2) is 8.58. The maximum Gasteiger partial charge on any atom is 0.200 e. The summed E-state index contributed by atoms with van der Waals surface area (Å²) >= 11 is 0. The van der Waals surface area contributed by atoms with Gasteiger partial charge in [0.25, 0.3) is 0 Å². The van der Waals surface area contributed by atoms with Crippen LogP contribution in [0.15, 0.2) is 55.1 Å². The number of nitrogens with two attached hydrogens (primary N) is 1. The van der Waals surface area contributed by atoms with E-state index in [9.17, 15) is 9.50 Å². The fourth-order valence-electron chi connectivity index (χ4n) is 3.91. The molecular formula is C22H23FN8O. The second-order valence-electron chi connectivity index (χ2n) is 7.87. The molecule has 0 spiro atoms. The van der Waals surface area contributed by atoms with Crippen molar-refractivity contribution in [2.75, 3.05) is 18.4 Å². The Morgan fingerprint density at radius 1 is 1.22 bits per heavy atom. The number of aliphatic hydroxyl groups is 1. The standard InChI is InChI=1S/C22H23FN8O/c23-15-11-25-8-4-17(15)27-22-20-14(12-30-9-6-16(24)19(32)13-30)5-10-31(20)29-21(28-22)18-3-1-2-7-26-18/h1-5,7-8,10-11,16,19,32H,6,9,12-13,24H2,(H,25,27,28,29)/t16-,19-/m0/s1. The van der Waals surface area contributed by atoms with E-state index in [4.69, 9.17) is 5.73 Å². The minimum Gasteiger partial charge on any atom is -0.390 e. The van der Waals surface area contributed by atoms with Gasteiger partial charge in [-0.15, -0.1) is 5.10 Å². The third kappa shape index (κ3) is 4.03. The van der Waals surface area contributed by atoms with Crippen molar-refractivity contribution >= 4 is 17.0 Å². The van der Waals surface area contributed by atoms with Gasteiger partial charge in [-0.1, -0.05) is 6.07 Å². The number of nitrogens with one attached hydrogen (secondary N) is 1. The monoisotopic (exact) mass is 434 g/mol. The molecule has 1 saturated heterocycles. The molecule has 4 N–H and O–H groups in total. The Bertz CT molecular complexity index is 1230. The summed E-state index contributed by atoms with van der Waals surface area (Å²) in [5.41, 5.74) is 8.50. The second-order valence-corrected chi connectivity index (χ2v) is 7.87. The van der Waals surface area contributed by atoms with Gasteiger partial charge >= 0.3 is 0 Å². The third-order valence-corrected chi connectivity index (χ3v) is 5.63. The van der Waals surface area contributed by atoms with Crippen molar-refractivity contribution in [3.63, 3.8) is 0 Å². The van der Waals surface area contributed by atoms with E-state index in [0.29, 0.717) is 30.4 Å². The van der Waals surface area contributed by atoms with Crippen molar-refractivity contribution in [2.45, 2.75) is 25.1 Å². The number of piperidine rings is 1. The molecule has 0 radical (unpaired) electrons. The van der Waals surface area contributed by atoms with Crippen LogP contribution in [0.4, 0.5) is 15.9 Å². The Hall–Kier alpha value is -3.47. The summed E-state index contributed by atoms with van der Waals surface area (Å²) in [4.78, 5) is 15.0. The molecule has 5 rings (SSSR count). The van der Waals surface area contributed by atoms with Gasteiger partial charge in [-0.25, -0.2) is 13.9 Å². The van der Waals surface area contributed by atoms with Crippen LogP contribution in [0.3, 0.4) is 0 Å². The molecule has 2 atom stereocenters. The molecule has 9 nitrogen and oxygen atoms in total. The maximum absolute atomic E-state index is 14.3. The lowest BCUT2D eigenvalue weighted by atomic mass is 10.0. The van der Waals surface area contributed by atoms with Crippen LogP contribution in [-0.4, -0.2) is 59.8 Å². The van der Waals surface area contributed by atoms with Crippen LogP contribution in [-0.2, 0) is 6.54 Å². The fourth-order valence-corrected chi connectivity index (χ4v) is 3.91.